The van der Waals surface area contributed by atoms with Crippen LogP contribution in [0.3, 0.4) is 0 Å². The predicted molar refractivity (Wildman–Crippen MR) is 99.5 cm³/mol. The molecule has 9 nitrogen and oxygen atoms in total. The Morgan fingerprint density at radius 1 is 1.07 bits per heavy atom. The number of hydrogen-bond donors (Lipinski definition) is 0. The van der Waals surface area contributed by atoms with E-state index in [1.807, 2.05) is 24.3 Å². The van der Waals surface area contributed by atoms with Crippen LogP contribution in [-0.2, 0) is 17.9 Å². The zero-order valence-corrected chi connectivity index (χ0v) is 15.3. The monoisotopic (exact) mass is 381 g/mol. The summed E-state index contributed by atoms with van der Waals surface area (Å²) in [7, 11) is 1.67. The van der Waals surface area contributed by atoms with Gasteiger partial charge in [-0.1, -0.05) is 24.3 Å². The first-order chi connectivity index (χ1) is 13.6. The lowest BCUT2D eigenvalue weighted by Gasteiger charge is -2.21. The van der Waals surface area contributed by atoms with Crippen molar-refractivity contribution in [2.75, 3.05) is 20.3 Å². The van der Waals surface area contributed by atoms with Gasteiger partial charge in [0.1, 0.15) is 19.8 Å². The van der Waals surface area contributed by atoms with Crippen LogP contribution < -0.4 is 15.2 Å². The molecule has 0 aliphatic carbocycles. The van der Waals surface area contributed by atoms with Crippen LogP contribution in [0.5, 0.6) is 11.5 Å². The van der Waals surface area contributed by atoms with Gasteiger partial charge in [0.25, 0.3) is 0 Å². The minimum Gasteiger partial charge on any atom is -0.486 e. The number of aromatic nitrogens is 4. The fourth-order valence-corrected chi connectivity index (χ4v) is 2.90. The van der Waals surface area contributed by atoms with Crippen molar-refractivity contribution in [1.82, 2.24) is 24.7 Å². The third kappa shape index (κ3) is 3.59. The zero-order valence-electron chi connectivity index (χ0n) is 15.3. The number of benzene rings is 2. The Morgan fingerprint density at radius 2 is 1.82 bits per heavy atom. The molecule has 1 aliphatic rings. The van der Waals surface area contributed by atoms with E-state index in [2.05, 4.69) is 10.4 Å². The highest BCUT2D eigenvalue weighted by Gasteiger charge is 2.17. The minimum atomic E-state index is -0.465. The van der Waals surface area contributed by atoms with Crippen LogP contribution in [0.15, 0.2) is 53.3 Å². The second-order valence-electron chi connectivity index (χ2n) is 6.39. The van der Waals surface area contributed by atoms with Gasteiger partial charge in [0.05, 0.1) is 5.69 Å². The van der Waals surface area contributed by atoms with Crippen LogP contribution in [0.4, 0.5) is 0 Å². The van der Waals surface area contributed by atoms with Gasteiger partial charge in [0.2, 0.25) is 5.91 Å². The molecule has 1 amide bonds. The van der Waals surface area contributed by atoms with Crippen LogP contribution in [0.1, 0.15) is 5.56 Å². The number of rotatable bonds is 5. The predicted octanol–water partition coefficient (Wildman–Crippen LogP) is 0.859. The van der Waals surface area contributed by atoms with E-state index < -0.39 is 5.69 Å². The molecule has 0 saturated heterocycles. The van der Waals surface area contributed by atoms with Gasteiger partial charge >= 0.3 is 5.69 Å². The summed E-state index contributed by atoms with van der Waals surface area (Å²) >= 11 is 0. The average molecular weight is 381 g/mol. The van der Waals surface area contributed by atoms with Gasteiger partial charge in [0.15, 0.2) is 11.5 Å². The fraction of sp³-hybridized carbons (Fsp3) is 0.263. The van der Waals surface area contributed by atoms with Gasteiger partial charge in [-0.15, -0.1) is 0 Å². The summed E-state index contributed by atoms with van der Waals surface area (Å²) in [5.74, 6) is 1.12. The SMILES string of the molecule is CN(Cc1ccc2c(c1)OCCO2)C(=O)Cn1nnn(-c2ccccc2)c1=O. The van der Waals surface area contributed by atoms with Crippen LogP contribution in [0.25, 0.3) is 5.69 Å². The molecule has 0 radical (unpaired) electrons. The Balaban J connectivity index is 1.44. The lowest BCUT2D eigenvalue weighted by atomic mass is 10.2. The summed E-state index contributed by atoms with van der Waals surface area (Å²) in [6, 6.07) is 14.5. The molecule has 0 N–H and O–H groups in total. The molecule has 0 saturated carbocycles. The summed E-state index contributed by atoms with van der Waals surface area (Å²) in [5, 5.41) is 7.66. The van der Waals surface area contributed by atoms with E-state index in [1.165, 1.54) is 4.90 Å². The van der Waals surface area contributed by atoms with Gasteiger partial charge in [0, 0.05) is 13.6 Å². The molecule has 2 aromatic carbocycles. The van der Waals surface area contributed by atoms with E-state index in [0.717, 1.165) is 14.9 Å². The Kier molecular flexibility index (Phi) is 4.79. The number of carbonyl (C=O) groups is 1. The normalized spacial score (nSPS) is 12.6. The van der Waals surface area contributed by atoms with Gasteiger partial charge in [-0.25, -0.2) is 4.79 Å². The number of fused-ring (bicyclic) bond motifs is 1. The van der Waals surface area contributed by atoms with E-state index in [9.17, 15) is 9.59 Å². The lowest BCUT2D eigenvalue weighted by molar-refractivity contribution is -0.131. The van der Waals surface area contributed by atoms with E-state index in [-0.39, 0.29) is 12.5 Å². The number of amides is 1. The van der Waals surface area contributed by atoms with E-state index in [0.29, 0.717) is 36.9 Å². The first-order valence-electron chi connectivity index (χ1n) is 8.82. The second-order valence-corrected chi connectivity index (χ2v) is 6.39. The van der Waals surface area contributed by atoms with Crippen molar-refractivity contribution in [3.8, 4) is 17.2 Å². The molecular weight excluding hydrogens is 362 g/mol. The van der Waals surface area contributed by atoms with E-state index >= 15 is 0 Å². The number of likely N-dealkylation sites (N-methyl/N-ethyl adjacent to an activating group) is 1. The van der Waals surface area contributed by atoms with Crippen molar-refractivity contribution in [2.45, 2.75) is 13.1 Å². The second kappa shape index (κ2) is 7.55. The summed E-state index contributed by atoms with van der Waals surface area (Å²) < 4.78 is 13.3. The Bertz CT molecular complexity index is 1040. The summed E-state index contributed by atoms with van der Waals surface area (Å²) in [4.78, 5) is 26.5. The Hall–Kier alpha value is -3.62. The molecule has 0 atom stereocenters. The molecule has 9 heteroatoms. The molecule has 144 valence electrons. The molecule has 0 spiro atoms. The maximum atomic E-state index is 12.5. The lowest BCUT2D eigenvalue weighted by Crippen LogP contribution is -2.34. The molecule has 2 heterocycles. The van der Waals surface area contributed by atoms with Crippen LogP contribution in [0, 0.1) is 0 Å². The fourth-order valence-electron chi connectivity index (χ4n) is 2.90. The number of tetrazole rings is 1. The third-order valence-electron chi connectivity index (χ3n) is 4.38. The Morgan fingerprint density at radius 3 is 2.61 bits per heavy atom. The van der Waals surface area contributed by atoms with E-state index in [4.69, 9.17) is 9.47 Å². The maximum Gasteiger partial charge on any atom is 0.368 e. The van der Waals surface area contributed by atoms with Crippen LogP contribution >= 0.6 is 0 Å². The highest BCUT2D eigenvalue weighted by Crippen LogP contribution is 2.31. The van der Waals surface area contributed by atoms with Gasteiger partial charge in [-0.2, -0.15) is 9.36 Å². The molecule has 3 aromatic rings. The molecule has 28 heavy (non-hydrogen) atoms. The first kappa shape index (κ1) is 17.8. The number of nitrogens with zero attached hydrogens (tertiary/aromatic N) is 5. The molecule has 1 aromatic heterocycles. The average Bonchev–Trinajstić information content (AvgIpc) is 3.08. The van der Waals surface area contributed by atoms with Crippen molar-refractivity contribution < 1.29 is 14.3 Å². The number of carbonyl (C=O) groups excluding carboxylic acids is 1. The third-order valence-corrected chi connectivity index (χ3v) is 4.38. The van der Waals surface area contributed by atoms with Crippen molar-refractivity contribution in [3.63, 3.8) is 0 Å². The number of para-hydroxylation sites is 1. The van der Waals surface area contributed by atoms with Gasteiger partial charge < -0.3 is 14.4 Å². The zero-order chi connectivity index (χ0) is 19.5. The quantitative estimate of drug-likeness (QED) is 0.651. The molecule has 0 unspecified atom stereocenters. The van der Waals surface area contributed by atoms with Gasteiger partial charge in [-0.3, -0.25) is 4.79 Å². The van der Waals surface area contributed by atoms with Crippen molar-refractivity contribution in [2.24, 2.45) is 0 Å². The number of ether oxygens (including phenoxy) is 2. The van der Waals surface area contributed by atoms with Crippen LogP contribution in [0.2, 0.25) is 0 Å². The van der Waals surface area contributed by atoms with Crippen molar-refractivity contribution in [3.05, 3.63) is 64.6 Å². The Labute approximate surface area is 160 Å². The molecule has 0 fully saturated rings. The largest absolute Gasteiger partial charge is 0.486 e. The minimum absolute atomic E-state index is 0.188. The molecule has 0 bridgehead atoms. The summed E-state index contributed by atoms with van der Waals surface area (Å²) in [6.45, 7) is 1.22. The maximum absolute atomic E-state index is 12.5. The molecule has 1 aliphatic heterocycles. The van der Waals surface area contributed by atoms with Crippen molar-refractivity contribution >= 4 is 5.91 Å². The highest BCUT2D eigenvalue weighted by atomic mass is 16.6. The van der Waals surface area contributed by atoms with Gasteiger partial charge in [-0.05, 0) is 40.3 Å². The topological polar surface area (TPSA) is 91.5 Å². The molecule has 4 rings (SSSR count). The molecular formula is C19H19N5O4. The first-order valence-corrected chi connectivity index (χ1v) is 8.82. The summed E-state index contributed by atoms with van der Waals surface area (Å²) in [6.07, 6.45) is 0. The number of hydrogen-bond acceptors (Lipinski definition) is 6. The summed E-state index contributed by atoms with van der Waals surface area (Å²) in [5.41, 5.74) is 1.03. The van der Waals surface area contributed by atoms with E-state index in [1.54, 1.807) is 31.3 Å². The smallest absolute Gasteiger partial charge is 0.368 e. The standard InChI is InChI=1S/C19H19N5O4/c1-22(12-14-7-8-16-17(11-14)28-10-9-27-16)18(25)13-23-19(26)24(21-20-23)15-5-3-2-4-6-15/h2-8,11H,9-10,12-13H2,1H3. The highest BCUT2D eigenvalue weighted by molar-refractivity contribution is 5.75. The van der Waals surface area contributed by atoms with Crippen molar-refractivity contribution in [1.29, 1.82) is 0 Å². The van der Waals surface area contributed by atoms with Crippen LogP contribution in [-0.4, -0.2) is 50.9 Å².